The van der Waals surface area contributed by atoms with Crippen molar-refractivity contribution in [2.24, 2.45) is 5.92 Å². The normalized spacial score (nSPS) is 17.7. The maximum atomic E-state index is 9.15. The molecule has 6 nitrogen and oxygen atoms in total. The highest BCUT2D eigenvalue weighted by Gasteiger charge is 2.24. The summed E-state index contributed by atoms with van der Waals surface area (Å²) in [4.78, 5) is 14.4. The Balaban J connectivity index is 1.77. The summed E-state index contributed by atoms with van der Waals surface area (Å²) in [7, 11) is 1.88. The highest BCUT2D eigenvalue weighted by molar-refractivity contribution is 6.12. The molecule has 0 saturated carbocycles. The van der Waals surface area contributed by atoms with Crippen LogP contribution in [0.25, 0.3) is 27.3 Å². The smallest absolute Gasteiger partial charge is 0.141 e. The van der Waals surface area contributed by atoms with E-state index in [-0.39, 0.29) is 0 Å². The zero-order valence-electron chi connectivity index (χ0n) is 13.7. The molecule has 0 bridgehead atoms. The van der Waals surface area contributed by atoms with Crippen molar-refractivity contribution in [1.82, 2.24) is 15.0 Å². The minimum Gasteiger partial charge on any atom is -0.665 e. The number of nitrogens with one attached hydrogen (secondary N) is 1. The molecule has 1 aliphatic heterocycles. The first-order valence-corrected chi connectivity index (χ1v) is 8.27. The molecule has 1 N–H and O–H groups in total. The first-order chi connectivity index (χ1) is 11.8. The van der Waals surface area contributed by atoms with Gasteiger partial charge in [0.25, 0.3) is 0 Å². The molecule has 0 aromatic carbocycles. The number of aromatic amines is 1. The summed E-state index contributed by atoms with van der Waals surface area (Å²) >= 11 is 0. The van der Waals surface area contributed by atoms with E-state index < -0.39 is 0 Å². The van der Waals surface area contributed by atoms with Gasteiger partial charge >= 0.3 is 0 Å². The van der Waals surface area contributed by atoms with Gasteiger partial charge in [-0.05, 0) is 24.5 Å². The Morgan fingerprint density at radius 3 is 3.21 bits per heavy atom. The van der Waals surface area contributed by atoms with E-state index in [1.807, 2.05) is 19.3 Å². The van der Waals surface area contributed by atoms with Gasteiger partial charge in [0.15, 0.2) is 0 Å². The Bertz CT molecular complexity index is 922. The van der Waals surface area contributed by atoms with Crippen molar-refractivity contribution in [1.29, 1.82) is 5.26 Å². The van der Waals surface area contributed by atoms with Crippen LogP contribution in [0.4, 0.5) is 5.69 Å². The second-order valence-corrected chi connectivity index (χ2v) is 6.33. The quantitative estimate of drug-likeness (QED) is 0.800. The molecule has 4 heterocycles. The largest absolute Gasteiger partial charge is 0.665 e. The van der Waals surface area contributed by atoms with E-state index in [1.54, 1.807) is 6.20 Å². The minimum atomic E-state index is 0.432. The van der Waals surface area contributed by atoms with E-state index in [9.17, 15) is 0 Å². The summed E-state index contributed by atoms with van der Waals surface area (Å²) < 4.78 is 0. The lowest BCUT2D eigenvalue weighted by Gasteiger charge is -2.21. The predicted molar refractivity (Wildman–Crippen MR) is 95.2 cm³/mol. The van der Waals surface area contributed by atoms with Gasteiger partial charge in [-0.2, -0.15) is 12.3 Å². The van der Waals surface area contributed by atoms with E-state index in [2.05, 4.69) is 37.3 Å². The SMILES string of the molecule is C[N-]CC[C@@H]1CCN(c2ccnc3[nH]c4cnc(C#N)cc4c23)C1. The Morgan fingerprint density at radius 1 is 1.46 bits per heavy atom. The zero-order chi connectivity index (χ0) is 16.5. The summed E-state index contributed by atoms with van der Waals surface area (Å²) in [6.45, 7) is 3.04. The molecular weight excluding hydrogens is 300 g/mol. The number of fused-ring (bicyclic) bond motifs is 3. The van der Waals surface area contributed by atoms with Crippen LogP contribution in [-0.2, 0) is 0 Å². The van der Waals surface area contributed by atoms with Gasteiger partial charge in [-0.3, -0.25) is 0 Å². The van der Waals surface area contributed by atoms with Crippen molar-refractivity contribution in [2.45, 2.75) is 12.8 Å². The van der Waals surface area contributed by atoms with Gasteiger partial charge in [0.05, 0.1) is 17.1 Å². The number of hydrogen-bond donors (Lipinski definition) is 1. The van der Waals surface area contributed by atoms with Crippen LogP contribution < -0.4 is 4.90 Å². The van der Waals surface area contributed by atoms with Gasteiger partial charge in [0.1, 0.15) is 17.4 Å². The minimum absolute atomic E-state index is 0.432. The Kier molecular flexibility index (Phi) is 3.79. The molecule has 1 atom stereocenters. The number of pyridine rings is 2. The molecule has 6 heteroatoms. The van der Waals surface area contributed by atoms with Crippen molar-refractivity contribution < 1.29 is 0 Å². The van der Waals surface area contributed by atoms with Crippen LogP contribution >= 0.6 is 0 Å². The summed E-state index contributed by atoms with van der Waals surface area (Å²) in [5, 5.41) is 15.5. The average Bonchev–Trinajstić information content (AvgIpc) is 3.23. The Morgan fingerprint density at radius 2 is 2.38 bits per heavy atom. The van der Waals surface area contributed by atoms with Crippen molar-refractivity contribution in [3.63, 3.8) is 0 Å². The number of nitriles is 1. The van der Waals surface area contributed by atoms with Crippen LogP contribution in [-0.4, -0.2) is 41.6 Å². The molecule has 0 aliphatic carbocycles. The number of anilines is 1. The summed E-state index contributed by atoms with van der Waals surface area (Å²) in [5.41, 5.74) is 3.40. The second kappa shape index (κ2) is 6.10. The fourth-order valence-electron chi connectivity index (χ4n) is 3.62. The Hall–Kier alpha value is -2.65. The predicted octanol–water partition coefficient (Wildman–Crippen LogP) is 3.20. The van der Waals surface area contributed by atoms with Gasteiger partial charge in [0, 0.05) is 30.4 Å². The van der Waals surface area contributed by atoms with E-state index in [0.717, 1.165) is 48.0 Å². The van der Waals surface area contributed by atoms with Crippen molar-refractivity contribution >= 4 is 27.6 Å². The molecule has 0 spiro atoms. The molecule has 0 radical (unpaired) electrons. The lowest BCUT2D eigenvalue weighted by Crippen LogP contribution is -2.20. The molecule has 122 valence electrons. The number of rotatable bonds is 4. The maximum absolute atomic E-state index is 9.15. The summed E-state index contributed by atoms with van der Waals surface area (Å²) in [5.74, 6) is 0.693. The third kappa shape index (κ3) is 2.47. The van der Waals surface area contributed by atoms with Crippen LogP contribution in [0.1, 0.15) is 18.5 Å². The van der Waals surface area contributed by atoms with E-state index in [4.69, 9.17) is 5.26 Å². The van der Waals surface area contributed by atoms with Gasteiger partial charge in [-0.25, -0.2) is 9.97 Å². The molecule has 1 saturated heterocycles. The van der Waals surface area contributed by atoms with E-state index >= 15 is 0 Å². The third-order valence-electron chi connectivity index (χ3n) is 4.86. The molecular formula is C18H19N6-. The molecule has 0 unspecified atom stereocenters. The molecule has 3 aromatic heterocycles. The average molecular weight is 319 g/mol. The first-order valence-electron chi connectivity index (χ1n) is 8.27. The summed E-state index contributed by atoms with van der Waals surface area (Å²) in [6, 6.07) is 6.05. The second-order valence-electron chi connectivity index (χ2n) is 6.33. The fourth-order valence-corrected chi connectivity index (χ4v) is 3.62. The molecule has 4 rings (SSSR count). The maximum Gasteiger partial charge on any atom is 0.141 e. The van der Waals surface area contributed by atoms with Gasteiger partial charge in [-0.1, -0.05) is 6.42 Å². The van der Waals surface area contributed by atoms with E-state index in [1.165, 1.54) is 12.1 Å². The van der Waals surface area contributed by atoms with E-state index in [0.29, 0.717) is 11.6 Å². The van der Waals surface area contributed by atoms with Crippen molar-refractivity contribution in [3.05, 3.63) is 35.5 Å². The Labute approximate surface area is 140 Å². The highest BCUT2D eigenvalue weighted by Crippen LogP contribution is 2.35. The van der Waals surface area contributed by atoms with Crippen molar-refractivity contribution in [2.75, 3.05) is 31.6 Å². The van der Waals surface area contributed by atoms with Crippen LogP contribution in [0.2, 0.25) is 0 Å². The van der Waals surface area contributed by atoms with Crippen LogP contribution in [0, 0.1) is 17.2 Å². The monoisotopic (exact) mass is 319 g/mol. The highest BCUT2D eigenvalue weighted by atomic mass is 15.2. The number of hydrogen-bond acceptors (Lipinski definition) is 4. The van der Waals surface area contributed by atoms with Crippen molar-refractivity contribution in [3.8, 4) is 6.07 Å². The molecule has 1 fully saturated rings. The van der Waals surface area contributed by atoms with Crippen LogP contribution in [0.3, 0.4) is 0 Å². The molecule has 3 aromatic rings. The van der Waals surface area contributed by atoms with Gasteiger partial charge < -0.3 is 15.2 Å². The molecule has 1 aliphatic rings. The van der Waals surface area contributed by atoms with Gasteiger partial charge in [-0.15, -0.1) is 6.54 Å². The zero-order valence-corrected chi connectivity index (χ0v) is 13.7. The fraction of sp³-hybridized carbons (Fsp3) is 0.389. The molecule has 0 amide bonds. The van der Waals surface area contributed by atoms with Crippen LogP contribution in [0.5, 0.6) is 0 Å². The lowest BCUT2D eigenvalue weighted by atomic mass is 10.1. The number of H-pyrrole nitrogens is 1. The summed E-state index contributed by atoms with van der Waals surface area (Å²) in [6.07, 6.45) is 5.92. The number of nitrogens with zero attached hydrogens (tertiary/aromatic N) is 5. The number of aromatic nitrogens is 3. The standard InChI is InChI=1S/C18H19N6/c1-20-5-2-12-4-7-24(11-12)16-3-6-21-18-17(16)14-8-13(9-19)22-10-15(14)23-18/h3,6,8,10,12H,2,4-5,7,11H2,1H3,(H,21,23)/q-1/t12-/m1/s1. The lowest BCUT2D eigenvalue weighted by molar-refractivity contribution is 0.558. The van der Waals surface area contributed by atoms with Gasteiger partial charge in [0.2, 0.25) is 0 Å². The first kappa shape index (κ1) is 14.9. The topological polar surface area (TPSA) is 82.7 Å². The van der Waals surface area contributed by atoms with Crippen LogP contribution in [0.15, 0.2) is 24.5 Å². The third-order valence-corrected chi connectivity index (χ3v) is 4.86. The molecule has 24 heavy (non-hydrogen) atoms.